The smallest absolute Gasteiger partial charge is 0.271 e. The maximum Gasteiger partial charge on any atom is 0.271 e. The predicted molar refractivity (Wildman–Crippen MR) is 96.9 cm³/mol. The van der Waals surface area contributed by atoms with Crippen molar-refractivity contribution in [3.05, 3.63) is 40.8 Å². The van der Waals surface area contributed by atoms with E-state index in [1.54, 1.807) is 23.6 Å². The summed E-state index contributed by atoms with van der Waals surface area (Å²) in [6.45, 7) is 1.91. The normalized spacial score (nSPS) is 20.4. The van der Waals surface area contributed by atoms with E-state index in [1.165, 1.54) is 6.07 Å². The molecule has 0 radical (unpaired) electrons. The summed E-state index contributed by atoms with van der Waals surface area (Å²) in [6, 6.07) is 8.51. The van der Waals surface area contributed by atoms with Crippen molar-refractivity contribution in [1.82, 2.24) is 0 Å². The van der Waals surface area contributed by atoms with Crippen LogP contribution in [0.15, 0.2) is 33.9 Å². The standard InChI is InChI=1S/C15H15N3O3S3/c1-9-5-10-6-13(18-24(19,20)14-3-2-4-23-14)11(8-16)7-12(10)17-15(22)21-9/h2-4,6-7,9,15,17-18,22H,5H2,1H3/t9?,15-/m1/s1. The number of nitrogens with one attached hydrogen (secondary N) is 2. The van der Waals surface area contributed by atoms with Gasteiger partial charge in [-0.2, -0.15) is 5.26 Å². The number of thiophene rings is 1. The lowest BCUT2D eigenvalue weighted by atomic mass is 10.0. The minimum atomic E-state index is -3.71. The van der Waals surface area contributed by atoms with E-state index in [9.17, 15) is 13.7 Å². The third-order valence-electron chi connectivity index (χ3n) is 3.52. The van der Waals surface area contributed by atoms with Gasteiger partial charge in [0.25, 0.3) is 10.0 Å². The molecule has 9 heteroatoms. The number of nitrogens with zero attached hydrogens (tertiary/aromatic N) is 1. The van der Waals surface area contributed by atoms with Crippen molar-refractivity contribution in [2.75, 3.05) is 10.0 Å². The largest absolute Gasteiger partial charge is 0.351 e. The van der Waals surface area contributed by atoms with E-state index in [0.29, 0.717) is 6.42 Å². The van der Waals surface area contributed by atoms with E-state index in [0.717, 1.165) is 22.6 Å². The van der Waals surface area contributed by atoms with Crippen molar-refractivity contribution in [3.8, 4) is 6.07 Å². The zero-order chi connectivity index (χ0) is 17.3. The Morgan fingerprint density at radius 3 is 2.96 bits per heavy atom. The third-order valence-corrected chi connectivity index (χ3v) is 6.53. The molecule has 0 saturated heterocycles. The number of hydrogen-bond acceptors (Lipinski definition) is 7. The molecule has 2 atom stereocenters. The lowest BCUT2D eigenvalue weighted by molar-refractivity contribution is 0.0662. The number of fused-ring (bicyclic) bond motifs is 1. The van der Waals surface area contributed by atoms with E-state index < -0.39 is 15.6 Å². The molecule has 2 N–H and O–H groups in total. The van der Waals surface area contributed by atoms with Gasteiger partial charge >= 0.3 is 0 Å². The van der Waals surface area contributed by atoms with Crippen molar-refractivity contribution >= 4 is 45.4 Å². The monoisotopic (exact) mass is 381 g/mol. The van der Waals surface area contributed by atoms with E-state index in [-0.39, 0.29) is 21.6 Å². The highest BCUT2D eigenvalue weighted by Crippen LogP contribution is 2.32. The molecular formula is C15H15N3O3S3. The fraction of sp³-hybridized carbons (Fsp3) is 0.267. The molecule has 1 aromatic carbocycles. The van der Waals surface area contributed by atoms with Gasteiger partial charge in [0, 0.05) is 12.1 Å². The number of nitriles is 1. The molecule has 126 valence electrons. The molecule has 2 aromatic rings. The molecule has 1 aliphatic heterocycles. The molecule has 0 aliphatic carbocycles. The van der Waals surface area contributed by atoms with Gasteiger partial charge < -0.3 is 10.1 Å². The Kier molecular flexibility index (Phi) is 4.73. The zero-order valence-corrected chi connectivity index (χ0v) is 15.2. The summed E-state index contributed by atoms with van der Waals surface area (Å²) in [6.07, 6.45) is 0.495. The first-order valence-corrected chi connectivity index (χ1v) is 10.0. The van der Waals surface area contributed by atoms with Gasteiger partial charge in [-0.05, 0) is 36.1 Å². The minimum absolute atomic E-state index is 0.0871. The summed E-state index contributed by atoms with van der Waals surface area (Å²) in [4.78, 5) is 0. The fourth-order valence-corrected chi connectivity index (χ4v) is 4.89. The van der Waals surface area contributed by atoms with Crippen LogP contribution in [0, 0.1) is 11.3 Å². The Morgan fingerprint density at radius 1 is 1.50 bits per heavy atom. The maximum absolute atomic E-state index is 12.4. The molecule has 3 rings (SSSR count). The highest BCUT2D eigenvalue weighted by Gasteiger charge is 2.23. The summed E-state index contributed by atoms with van der Waals surface area (Å²) < 4.78 is 33.2. The van der Waals surface area contributed by atoms with Crippen molar-refractivity contribution in [1.29, 1.82) is 5.26 Å². The number of anilines is 2. The summed E-state index contributed by atoms with van der Waals surface area (Å²) in [5.41, 5.74) is 1.59. The molecule has 1 aliphatic rings. The zero-order valence-electron chi connectivity index (χ0n) is 12.7. The SMILES string of the molecule is CC1Cc2cc(NS(=O)(=O)c3cccs3)c(C#N)cc2N[C@@H](S)O1. The van der Waals surface area contributed by atoms with Gasteiger partial charge in [0.15, 0.2) is 5.56 Å². The molecular weight excluding hydrogens is 366 g/mol. The molecule has 0 fully saturated rings. The van der Waals surface area contributed by atoms with Crippen molar-refractivity contribution in [2.24, 2.45) is 0 Å². The number of sulfonamides is 1. The highest BCUT2D eigenvalue weighted by atomic mass is 32.2. The summed E-state index contributed by atoms with van der Waals surface area (Å²) >= 11 is 5.41. The van der Waals surface area contributed by atoms with Gasteiger partial charge in [0.05, 0.1) is 17.4 Å². The lowest BCUT2D eigenvalue weighted by Crippen LogP contribution is -2.19. The van der Waals surface area contributed by atoms with Crippen LogP contribution in [-0.2, 0) is 21.2 Å². The van der Waals surface area contributed by atoms with Crippen LogP contribution in [0.4, 0.5) is 11.4 Å². The van der Waals surface area contributed by atoms with E-state index >= 15 is 0 Å². The molecule has 1 unspecified atom stereocenters. The molecule has 6 nitrogen and oxygen atoms in total. The van der Waals surface area contributed by atoms with Crippen molar-refractivity contribution in [2.45, 2.75) is 29.2 Å². The number of ether oxygens (including phenoxy) is 1. The summed E-state index contributed by atoms with van der Waals surface area (Å²) in [5.74, 6) is 0. The Hall–Kier alpha value is -1.73. The first-order valence-electron chi connectivity index (χ1n) is 7.12. The Morgan fingerprint density at radius 2 is 2.29 bits per heavy atom. The first kappa shape index (κ1) is 17.1. The Balaban J connectivity index is 2.02. The van der Waals surface area contributed by atoms with Gasteiger partial charge in [0.1, 0.15) is 10.3 Å². The Bertz CT molecular complexity index is 889. The van der Waals surface area contributed by atoms with Gasteiger partial charge in [-0.15, -0.1) is 24.0 Å². The molecule has 0 bridgehead atoms. The van der Waals surface area contributed by atoms with Crippen molar-refractivity contribution in [3.63, 3.8) is 0 Å². The van der Waals surface area contributed by atoms with Crippen LogP contribution in [0.1, 0.15) is 18.1 Å². The van der Waals surface area contributed by atoms with Crippen LogP contribution in [0.3, 0.4) is 0 Å². The average Bonchev–Trinajstić information content (AvgIpc) is 3.00. The first-order chi connectivity index (χ1) is 11.4. The van der Waals surface area contributed by atoms with Crippen LogP contribution >= 0.6 is 24.0 Å². The van der Waals surface area contributed by atoms with Crippen LogP contribution in [0.2, 0.25) is 0 Å². The van der Waals surface area contributed by atoms with Crippen LogP contribution in [0.25, 0.3) is 0 Å². The molecule has 0 saturated carbocycles. The summed E-state index contributed by atoms with van der Waals surface area (Å²) in [7, 11) is -3.71. The van der Waals surface area contributed by atoms with E-state index in [1.807, 2.05) is 13.0 Å². The predicted octanol–water partition coefficient (Wildman–Crippen LogP) is 3.01. The molecule has 0 spiro atoms. The van der Waals surface area contributed by atoms with Crippen molar-refractivity contribution < 1.29 is 13.2 Å². The van der Waals surface area contributed by atoms with E-state index in [2.05, 4.69) is 22.7 Å². The minimum Gasteiger partial charge on any atom is -0.351 e. The van der Waals surface area contributed by atoms with Gasteiger partial charge in [-0.1, -0.05) is 6.07 Å². The number of thiol groups is 1. The number of rotatable bonds is 3. The third kappa shape index (κ3) is 3.52. The van der Waals surface area contributed by atoms with Gasteiger partial charge in [-0.25, -0.2) is 8.42 Å². The topological polar surface area (TPSA) is 91.2 Å². The van der Waals surface area contributed by atoms with Crippen LogP contribution in [0.5, 0.6) is 0 Å². The lowest BCUT2D eigenvalue weighted by Gasteiger charge is -2.15. The second kappa shape index (κ2) is 6.64. The molecule has 1 aromatic heterocycles. The van der Waals surface area contributed by atoms with Crippen LogP contribution < -0.4 is 10.0 Å². The number of benzene rings is 1. The second-order valence-electron chi connectivity index (χ2n) is 5.35. The van der Waals surface area contributed by atoms with Gasteiger partial charge in [-0.3, -0.25) is 4.72 Å². The van der Waals surface area contributed by atoms with Gasteiger partial charge in [0.2, 0.25) is 0 Å². The number of hydrogen-bond donors (Lipinski definition) is 3. The van der Waals surface area contributed by atoms with Crippen LogP contribution in [-0.4, -0.2) is 20.1 Å². The summed E-state index contributed by atoms with van der Waals surface area (Å²) in [5, 5.41) is 14.1. The quantitative estimate of drug-likeness (QED) is 0.711. The Labute approximate surface area is 149 Å². The average molecular weight is 382 g/mol. The molecule has 24 heavy (non-hydrogen) atoms. The molecule has 2 heterocycles. The second-order valence-corrected chi connectivity index (χ2v) is 8.68. The van der Waals surface area contributed by atoms with E-state index in [4.69, 9.17) is 4.74 Å². The maximum atomic E-state index is 12.4. The fourth-order valence-electron chi connectivity index (χ4n) is 2.48. The highest BCUT2D eigenvalue weighted by molar-refractivity contribution is 7.94. The molecule has 0 amide bonds.